The summed E-state index contributed by atoms with van der Waals surface area (Å²) in [6.45, 7) is 6.03. The summed E-state index contributed by atoms with van der Waals surface area (Å²) in [5.41, 5.74) is 0. The lowest BCUT2D eigenvalue weighted by atomic mass is 10.0. The summed E-state index contributed by atoms with van der Waals surface area (Å²) >= 11 is 0. The molecule has 0 saturated carbocycles. The van der Waals surface area contributed by atoms with Crippen molar-refractivity contribution in [3.05, 3.63) is 12.4 Å². The molecule has 0 radical (unpaired) electrons. The molecule has 5 heteroatoms. The number of likely N-dealkylation sites (N-methyl/N-ethyl adjacent to an activating group) is 1. The van der Waals surface area contributed by atoms with Gasteiger partial charge in [0.15, 0.2) is 5.82 Å². The Morgan fingerprint density at radius 2 is 2.26 bits per heavy atom. The summed E-state index contributed by atoms with van der Waals surface area (Å²) in [5, 5.41) is 3.26. The van der Waals surface area contributed by atoms with Crippen LogP contribution in [0.3, 0.4) is 0 Å². The van der Waals surface area contributed by atoms with Crippen LogP contribution in [0.1, 0.15) is 33.1 Å². The van der Waals surface area contributed by atoms with Gasteiger partial charge in [0.05, 0.1) is 18.5 Å². The third-order valence-corrected chi connectivity index (χ3v) is 3.32. The highest BCUT2D eigenvalue weighted by Gasteiger charge is 2.23. The summed E-state index contributed by atoms with van der Waals surface area (Å²) < 4.78 is 5.62. The van der Waals surface area contributed by atoms with Gasteiger partial charge in [-0.2, -0.15) is 4.98 Å². The van der Waals surface area contributed by atoms with E-state index in [9.17, 15) is 0 Å². The van der Waals surface area contributed by atoms with Crippen LogP contribution in [0.25, 0.3) is 0 Å². The Morgan fingerprint density at radius 3 is 3.00 bits per heavy atom. The van der Waals surface area contributed by atoms with Crippen LogP contribution in [0, 0.1) is 0 Å². The number of hydrogen-bond donors (Lipinski definition) is 1. The van der Waals surface area contributed by atoms with E-state index in [4.69, 9.17) is 4.74 Å². The third kappa shape index (κ3) is 3.80. The van der Waals surface area contributed by atoms with Crippen molar-refractivity contribution in [2.24, 2.45) is 0 Å². The maximum atomic E-state index is 5.62. The lowest BCUT2D eigenvalue weighted by Gasteiger charge is -2.36. The molecule has 0 aliphatic carbocycles. The minimum absolute atomic E-state index is 0.124. The van der Waals surface area contributed by atoms with Gasteiger partial charge in [0.1, 0.15) is 0 Å². The fourth-order valence-electron chi connectivity index (χ4n) is 2.52. The molecule has 1 unspecified atom stereocenters. The molecule has 1 aromatic rings. The number of ether oxygens (including phenoxy) is 1. The van der Waals surface area contributed by atoms with Crippen LogP contribution in [-0.2, 0) is 0 Å². The molecule has 2 rings (SSSR count). The molecule has 0 bridgehead atoms. The van der Waals surface area contributed by atoms with E-state index >= 15 is 0 Å². The minimum Gasteiger partial charge on any atom is -0.474 e. The number of aromatic nitrogens is 2. The van der Waals surface area contributed by atoms with Gasteiger partial charge in [0.2, 0.25) is 5.88 Å². The minimum atomic E-state index is 0.124. The van der Waals surface area contributed by atoms with Gasteiger partial charge in [-0.15, -0.1) is 0 Å². The summed E-state index contributed by atoms with van der Waals surface area (Å²) in [7, 11) is 2.00. The average Bonchev–Trinajstić information content (AvgIpc) is 2.39. The molecule has 1 aromatic heterocycles. The number of nitrogens with zero attached hydrogens (tertiary/aromatic N) is 3. The van der Waals surface area contributed by atoms with Crippen LogP contribution < -0.4 is 15.0 Å². The van der Waals surface area contributed by atoms with Crippen LogP contribution >= 0.6 is 0 Å². The molecule has 0 spiro atoms. The van der Waals surface area contributed by atoms with Gasteiger partial charge < -0.3 is 15.0 Å². The summed E-state index contributed by atoms with van der Waals surface area (Å²) in [4.78, 5) is 11.2. The number of anilines is 1. The standard InChI is InChI=1S/C14H24N4O/c1-11(2)19-14-10-16-9-13(17-14)18-7-5-4-6-12(18)8-15-3/h9-12,15H,4-8H2,1-3H3. The monoisotopic (exact) mass is 264 g/mol. The molecule has 1 N–H and O–H groups in total. The van der Waals surface area contributed by atoms with E-state index in [1.807, 2.05) is 27.1 Å². The molecular formula is C14H24N4O. The van der Waals surface area contributed by atoms with E-state index in [0.29, 0.717) is 11.9 Å². The van der Waals surface area contributed by atoms with Crippen molar-refractivity contribution in [2.45, 2.75) is 45.3 Å². The van der Waals surface area contributed by atoms with Gasteiger partial charge in [-0.25, -0.2) is 0 Å². The van der Waals surface area contributed by atoms with Crippen molar-refractivity contribution in [3.63, 3.8) is 0 Å². The molecule has 1 atom stereocenters. The zero-order valence-electron chi connectivity index (χ0n) is 12.1. The second-order valence-electron chi connectivity index (χ2n) is 5.28. The predicted molar refractivity (Wildman–Crippen MR) is 76.7 cm³/mol. The Bertz CT molecular complexity index is 395. The summed E-state index contributed by atoms with van der Waals surface area (Å²) in [6, 6.07) is 0.502. The summed E-state index contributed by atoms with van der Waals surface area (Å²) in [5.74, 6) is 1.54. The van der Waals surface area contributed by atoms with Crippen molar-refractivity contribution in [1.29, 1.82) is 0 Å². The van der Waals surface area contributed by atoms with Crippen LogP contribution in [0.15, 0.2) is 12.4 Å². The zero-order chi connectivity index (χ0) is 13.7. The van der Waals surface area contributed by atoms with Crippen molar-refractivity contribution in [2.75, 3.05) is 25.0 Å². The van der Waals surface area contributed by atoms with Crippen LogP contribution in [0.4, 0.5) is 5.82 Å². The first-order valence-corrected chi connectivity index (χ1v) is 7.10. The smallest absolute Gasteiger partial charge is 0.234 e. The lowest BCUT2D eigenvalue weighted by molar-refractivity contribution is 0.231. The SMILES string of the molecule is CNCC1CCCCN1c1cncc(OC(C)C)n1. The third-order valence-electron chi connectivity index (χ3n) is 3.32. The first kappa shape index (κ1) is 14.1. The van der Waals surface area contributed by atoms with Crippen LogP contribution in [-0.4, -0.2) is 42.3 Å². The van der Waals surface area contributed by atoms with E-state index in [1.165, 1.54) is 19.3 Å². The van der Waals surface area contributed by atoms with Crippen molar-refractivity contribution in [1.82, 2.24) is 15.3 Å². The fourth-order valence-corrected chi connectivity index (χ4v) is 2.52. The fraction of sp³-hybridized carbons (Fsp3) is 0.714. The molecule has 106 valence electrons. The van der Waals surface area contributed by atoms with E-state index in [-0.39, 0.29) is 6.10 Å². The molecule has 0 amide bonds. The second-order valence-corrected chi connectivity index (χ2v) is 5.28. The van der Waals surface area contributed by atoms with Gasteiger partial charge in [-0.3, -0.25) is 4.98 Å². The van der Waals surface area contributed by atoms with Gasteiger partial charge in [0, 0.05) is 19.1 Å². The first-order valence-electron chi connectivity index (χ1n) is 7.10. The molecule has 2 heterocycles. The van der Waals surface area contributed by atoms with Crippen molar-refractivity contribution < 1.29 is 4.74 Å². The molecule has 1 aliphatic rings. The highest BCUT2D eigenvalue weighted by molar-refractivity contribution is 5.39. The molecular weight excluding hydrogens is 240 g/mol. The molecule has 1 aliphatic heterocycles. The van der Waals surface area contributed by atoms with E-state index in [2.05, 4.69) is 20.2 Å². The topological polar surface area (TPSA) is 50.3 Å². The van der Waals surface area contributed by atoms with Gasteiger partial charge in [-0.1, -0.05) is 0 Å². The Kier molecular flexibility index (Phi) is 4.96. The second kappa shape index (κ2) is 6.70. The Balaban J connectivity index is 2.14. The predicted octanol–water partition coefficient (Wildman–Crippen LogP) is 1.84. The maximum absolute atomic E-state index is 5.62. The Hall–Kier alpha value is -1.36. The number of nitrogens with one attached hydrogen (secondary N) is 1. The molecule has 5 nitrogen and oxygen atoms in total. The van der Waals surface area contributed by atoms with Gasteiger partial charge >= 0.3 is 0 Å². The molecule has 1 saturated heterocycles. The Morgan fingerprint density at radius 1 is 1.42 bits per heavy atom. The normalized spacial score (nSPS) is 19.8. The van der Waals surface area contributed by atoms with Crippen molar-refractivity contribution >= 4 is 5.82 Å². The van der Waals surface area contributed by atoms with Crippen molar-refractivity contribution in [3.8, 4) is 5.88 Å². The van der Waals surface area contributed by atoms with E-state index < -0.39 is 0 Å². The van der Waals surface area contributed by atoms with Gasteiger partial charge in [-0.05, 0) is 40.2 Å². The molecule has 0 aromatic carbocycles. The molecule has 1 fully saturated rings. The average molecular weight is 264 g/mol. The molecule has 19 heavy (non-hydrogen) atoms. The maximum Gasteiger partial charge on any atom is 0.234 e. The Labute approximate surface area is 115 Å². The quantitative estimate of drug-likeness (QED) is 0.879. The lowest BCUT2D eigenvalue weighted by Crippen LogP contribution is -2.45. The van der Waals surface area contributed by atoms with E-state index in [0.717, 1.165) is 18.9 Å². The zero-order valence-corrected chi connectivity index (χ0v) is 12.1. The van der Waals surface area contributed by atoms with Crippen LogP contribution in [0.5, 0.6) is 5.88 Å². The largest absolute Gasteiger partial charge is 0.474 e. The highest BCUT2D eigenvalue weighted by atomic mass is 16.5. The number of piperidine rings is 1. The van der Waals surface area contributed by atoms with Gasteiger partial charge in [0.25, 0.3) is 0 Å². The number of rotatable bonds is 5. The first-order chi connectivity index (χ1) is 9.20. The van der Waals surface area contributed by atoms with Crippen LogP contribution in [0.2, 0.25) is 0 Å². The van der Waals surface area contributed by atoms with E-state index in [1.54, 1.807) is 6.20 Å². The number of hydrogen-bond acceptors (Lipinski definition) is 5. The highest BCUT2D eigenvalue weighted by Crippen LogP contribution is 2.23. The summed E-state index contributed by atoms with van der Waals surface area (Å²) in [6.07, 6.45) is 7.36.